The highest BCUT2D eigenvalue weighted by Gasteiger charge is 2.31. The lowest BCUT2D eigenvalue weighted by molar-refractivity contribution is -0.131. The van der Waals surface area contributed by atoms with Crippen LogP contribution in [0.3, 0.4) is 0 Å². The van der Waals surface area contributed by atoms with Crippen LogP contribution in [0.2, 0.25) is 0 Å². The van der Waals surface area contributed by atoms with Crippen molar-refractivity contribution < 1.29 is 27.5 Å². The minimum atomic E-state index is -3.67. The van der Waals surface area contributed by atoms with Gasteiger partial charge in [0.25, 0.3) is 5.91 Å². The highest BCUT2D eigenvalue weighted by atomic mass is 32.2. The minimum absolute atomic E-state index is 0.0190. The Balaban J connectivity index is 1.42. The summed E-state index contributed by atoms with van der Waals surface area (Å²) >= 11 is 0. The van der Waals surface area contributed by atoms with E-state index in [2.05, 4.69) is 5.32 Å². The lowest BCUT2D eigenvalue weighted by Gasteiger charge is -2.26. The molecule has 2 aliphatic rings. The molecule has 0 bridgehead atoms. The molecule has 0 saturated carbocycles. The predicted molar refractivity (Wildman–Crippen MR) is 125 cm³/mol. The Morgan fingerprint density at radius 2 is 1.82 bits per heavy atom. The van der Waals surface area contributed by atoms with E-state index in [1.54, 1.807) is 4.90 Å². The molecule has 9 nitrogen and oxygen atoms in total. The molecule has 4 rings (SSSR count). The first-order valence-corrected chi connectivity index (χ1v) is 12.7. The maximum atomic E-state index is 13.0. The first kappa shape index (κ1) is 24.0. The first-order chi connectivity index (χ1) is 16.3. The van der Waals surface area contributed by atoms with Crippen LogP contribution in [0.5, 0.6) is 11.5 Å². The quantitative estimate of drug-likeness (QED) is 0.670. The third-order valence-electron chi connectivity index (χ3n) is 6.00. The molecule has 2 aromatic carbocycles. The summed E-state index contributed by atoms with van der Waals surface area (Å²) in [6.07, 6.45) is 2.51. The second kappa shape index (κ2) is 10.0. The number of nitrogens with one attached hydrogen (secondary N) is 1. The van der Waals surface area contributed by atoms with Gasteiger partial charge in [-0.1, -0.05) is 12.1 Å². The van der Waals surface area contributed by atoms with Crippen molar-refractivity contribution in [2.24, 2.45) is 0 Å². The lowest BCUT2D eigenvalue weighted by atomic mass is 10.0. The second-order valence-electron chi connectivity index (χ2n) is 8.50. The maximum Gasteiger partial charge on any atom is 0.251 e. The van der Waals surface area contributed by atoms with E-state index in [0.717, 1.165) is 29.1 Å². The van der Waals surface area contributed by atoms with E-state index < -0.39 is 15.9 Å². The molecule has 2 heterocycles. The van der Waals surface area contributed by atoms with Gasteiger partial charge in [0.1, 0.15) is 0 Å². The number of hydrogen-bond donors (Lipinski definition) is 1. The summed E-state index contributed by atoms with van der Waals surface area (Å²) in [6.45, 7) is 1.63. The number of ether oxygens (including phenoxy) is 2. The summed E-state index contributed by atoms with van der Waals surface area (Å²) in [5, 5.41) is 2.63. The molecule has 2 aromatic rings. The molecule has 2 aliphatic heterocycles. The van der Waals surface area contributed by atoms with Crippen LogP contribution < -0.4 is 14.8 Å². The molecule has 1 saturated heterocycles. The molecule has 34 heavy (non-hydrogen) atoms. The van der Waals surface area contributed by atoms with Crippen molar-refractivity contribution in [3.05, 3.63) is 53.6 Å². The monoisotopic (exact) mass is 487 g/mol. The number of carbonyl (C=O) groups is 2. The Kier molecular flexibility index (Phi) is 7.08. The van der Waals surface area contributed by atoms with Gasteiger partial charge in [0.2, 0.25) is 15.9 Å². The highest BCUT2D eigenvalue weighted by molar-refractivity contribution is 7.89. The average molecular weight is 488 g/mol. The van der Waals surface area contributed by atoms with Crippen molar-refractivity contribution in [1.29, 1.82) is 0 Å². The molecule has 1 fully saturated rings. The molecule has 2 amide bonds. The fraction of sp³-hybridized carbons (Fsp3) is 0.417. The number of nitrogens with zero attached hydrogens (tertiary/aromatic N) is 2. The van der Waals surface area contributed by atoms with Crippen molar-refractivity contribution in [3.8, 4) is 11.5 Å². The van der Waals surface area contributed by atoms with Crippen LogP contribution in [0.25, 0.3) is 0 Å². The largest absolute Gasteiger partial charge is 0.490 e. The maximum absolute atomic E-state index is 13.0. The van der Waals surface area contributed by atoms with E-state index in [0.29, 0.717) is 31.3 Å². The zero-order valence-electron chi connectivity index (χ0n) is 19.3. The van der Waals surface area contributed by atoms with Crippen LogP contribution >= 0.6 is 0 Å². The summed E-state index contributed by atoms with van der Waals surface area (Å²) in [5.74, 6) is 0.702. The van der Waals surface area contributed by atoms with Crippen LogP contribution in [0, 0.1) is 0 Å². The van der Waals surface area contributed by atoms with Crippen molar-refractivity contribution in [1.82, 2.24) is 14.5 Å². The highest BCUT2D eigenvalue weighted by Crippen LogP contribution is 2.37. The van der Waals surface area contributed by atoms with Crippen molar-refractivity contribution in [2.75, 3.05) is 40.4 Å². The fourth-order valence-electron chi connectivity index (χ4n) is 4.17. The zero-order chi connectivity index (χ0) is 24.3. The van der Waals surface area contributed by atoms with E-state index in [9.17, 15) is 18.0 Å². The van der Waals surface area contributed by atoms with Crippen LogP contribution in [0.1, 0.15) is 41.2 Å². The smallest absolute Gasteiger partial charge is 0.251 e. The number of hydrogen-bond acceptors (Lipinski definition) is 6. The summed E-state index contributed by atoms with van der Waals surface area (Å²) in [7, 11) is -0.811. The van der Waals surface area contributed by atoms with E-state index in [-0.39, 0.29) is 29.0 Å². The van der Waals surface area contributed by atoms with E-state index in [4.69, 9.17) is 9.47 Å². The standard InChI is InChI=1S/C24H29N3O6S/c1-26(2)34(30,31)19-7-3-6-18(14-19)24(29)25-16-23(28)27-11-4-8-20(27)17-9-10-21-22(15-17)33-13-5-12-32-21/h3,6-7,9-10,14-15,20H,4-5,8,11-13,16H2,1-2H3,(H,25,29). The Bertz CT molecular complexity index is 1180. The van der Waals surface area contributed by atoms with Gasteiger partial charge in [-0.2, -0.15) is 0 Å². The van der Waals surface area contributed by atoms with Gasteiger partial charge >= 0.3 is 0 Å². The Morgan fingerprint density at radius 3 is 2.59 bits per heavy atom. The third kappa shape index (κ3) is 5.02. The van der Waals surface area contributed by atoms with Crippen molar-refractivity contribution >= 4 is 21.8 Å². The molecule has 0 spiro atoms. The van der Waals surface area contributed by atoms with Crippen LogP contribution in [-0.4, -0.2) is 69.8 Å². The Hall–Kier alpha value is -3.11. The minimum Gasteiger partial charge on any atom is -0.490 e. The van der Waals surface area contributed by atoms with Gasteiger partial charge < -0.3 is 19.7 Å². The molecule has 1 atom stereocenters. The Morgan fingerprint density at radius 1 is 1.06 bits per heavy atom. The number of sulfonamides is 1. The van der Waals surface area contributed by atoms with E-state index in [1.165, 1.54) is 38.4 Å². The van der Waals surface area contributed by atoms with Crippen LogP contribution in [0.15, 0.2) is 47.4 Å². The second-order valence-corrected chi connectivity index (χ2v) is 10.7. The SMILES string of the molecule is CN(C)S(=O)(=O)c1cccc(C(=O)NCC(=O)N2CCCC2c2ccc3c(c2)OCCCO3)c1. The average Bonchev–Trinajstić information content (AvgIpc) is 3.21. The van der Waals surface area contributed by atoms with Crippen LogP contribution in [0.4, 0.5) is 0 Å². The molecule has 10 heteroatoms. The predicted octanol–water partition coefficient (Wildman–Crippen LogP) is 2.19. The fourth-order valence-corrected chi connectivity index (χ4v) is 5.12. The molecule has 0 aromatic heterocycles. The summed E-state index contributed by atoms with van der Waals surface area (Å²) in [5.41, 5.74) is 1.15. The topological polar surface area (TPSA) is 105 Å². The van der Waals surface area contributed by atoms with Gasteiger partial charge in [-0.05, 0) is 48.7 Å². The zero-order valence-corrected chi connectivity index (χ0v) is 20.1. The number of benzene rings is 2. The van der Waals surface area contributed by atoms with Gasteiger partial charge in [-0.15, -0.1) is 0 Å². The van der Waals surface area contributed by atoms with Crippen molar-refractivity contribution in [3.63, 3.8) is 0 Å². The third-order valence-corrected chi connectivity index (χ3v) is 7.82. The van der Waals surface area contributed by atoms with Gasteiger partial charge in [-0.25, -0.2) is 12.7 Å². The van der Waals surface area contributed by atoms with E-state index >= 15 is 0 Å². The number of carbonyl (C=O) groups excluding carboxylic acids is 2. The van der Waals surface area contributed by atoms with Gasteiger partial charge in [0.15, 0.2) is 11.5 Å². The molecule has 182 valence electrons. The van der Waals surface area contributed by atoms with Gasteiger partial charge in [0, 0.05) is 32.6 Å². The molecule has 0 aliphatic carbocycles. The Labute approximate surface area is 199 Å². The molecule has 1 N–H and O–H groups in total. The summed E-state index contributed by atoms with van der Waals surface area (Å²) in [6, 6.07) is 11.4. The van der Waals surface area contributed by atoms with E-state index in [1.807, 2.05) is 18.2 Å². The lowest BCUT2D eigenvalue weighted by Crippen LogP contribution is -2.39. The van der Waals surface area contributed by atoms with Gasteiger partial charge in [0.05, 0.1) is 30.7 Å². The number of rotatable bonds is 6. The normalized spacial score (nSPS) is 18.0. The van der Waals surface area contributed by atoms with Crippen molar-refractivity contribution in [2.45, 2.75) is 30.2 Å². The first-order valence-electron chi connectivity index (χ1n) is 11.3. The molecule has 1 unspecified atom stereocenters. The molecular formula is C24H29N3O6S. The van der Waals surface area contributed by atoms with Gasteiger partial charge in [-0.3, -0.25) is 9.59 Å². The van der Waals surface area contributed by atoms with Crippen LogP contribution in [-0.2, 0) is 14.8 Å². The molecular weight excluding hydrogens is 458 g/mol. The summed E-state index contributed by atoms with van der Waals surface area (Å²) in [4.78, 5) is 27.4. The molecule has 0 radical (unpaired) electrons. The number of fused-ring (bicyclic) bond motifs is 1. The number of amides is 2. The summed E-state index contributed by atoms with van der Waals surface area (Å²) < 4.78 is 37.3. The number of likely N-dealkylation sites (tertiary alicyclic amines) is 1.